The molecule has 22 heavy (non-hydrogen) atoms. The Labute approximate surface area is 135 Å². The van der Waals surface area contributed by atoms with Crippen LogP contribution in [0.1, 0.15) is 35.0 Å². The quantitative estimate of drug-likeness (QED) is 0.834. The third kappa shape index (κ3) is 2.61. The van der Waals surface area contributed by atoms with Gasteiger partial charge in [-0.3, -0.25) is 4.79 Å². The molecule has 2 aromatic rings. The van der Waals surface area contributed by atoms with Gasteiger partial charge >= 0.3 is 0 Å². The van der Waals surface area contributed by atoms with Crippen LogP contribution in [0.15, 0.2) is 33.4 Å². The lowest BCUT2D eigenvalue weighted by atomic mass is 10.1. The number of carbonyl (C=O) groups is 1. The van der Waals surface area contributed by atoms with Gasteiger partial charge in [0.1, 0.15) is 11.9 Å². The monoisotopic (exact) mass is 363 g/mol. The minimum absolute atomic E-state index is 0.0371. The smallest absolute Gasteiger partial charge is 0.276 e. The van der Waals surface area contributed by atoms with E-state index in [0.29, 0.717) is 30.6 Å². The molecule has 0 atom stereocenters. The lowest BCUT2D eigenvalue weighted by molar-refractivity contribution is 0.0149. The predicted octanol–water partition coefficient (Wildman–Crippen LogP) is 2.61. The summed E-state index contributed by atoms with van der Waals surface area (Å²) in [6, 6.07) is 5.47. The van der Waals surface area contributed by atoms with E-state index >= 15 is 0 Å². The van der Waals surface area contributed by atoms with Crippen LogP contribution in [-0.4, -0.2) is 40.1 Å². The van der Waals surface area contributed by atoms with E-state index in [-0.39, 0.29) is 12.0 Å². The molecular formula is C15H14BrN3O3. The van der Waals surface area contributed by atoms with Crippen molar-refractivity contribution in [2.45, 2.75) is 24.9 Å². The highest BCUT2D eigenvalue weighted by Gasteiger charge is 2.36. The van der Waals surface area contributed by atoms with E-state index in [9.17, 15) is 4.79 Å². The molecule has 2 aromatic heterocycles. The number of hydrogen-bond donors (Lipinski definition) is 0. The van der Waals surface area contributed by atoms with E-state index in [1.54, 1.807) is 17.2 Å². The summed E-state index contributed by atoms with van der Waals surface area (Å²) in [4.78, 5) is 18.1. The van der Waals surface area contributed by atoms with Gasteiger partial charge in [0, 0.05) is 18.2 Å². The fourth-order valence-corrected chi connectivity index (χ4v) is 2.76. The molecule has 1 amide bonds. The van der Waals surface area contributed by atoms with E-state index < -0.39 is 0 Å². The number of likely N-dealkylation sites (tertiary alicyclic amines) is 1. The molecule has 0 spiro atoms. The number of amides is 1. The molecule has 1 saturated heterocycles. The standard InChI is InChI=1S/C15H14BrN3O3/c16-11-2-1-5-17-14(11)21-10-7-19(8-10)15(20)12-6-13(22-18-12)9-3-4-9/h1-2,5-6,9-10H,3-4,7-8H2. The van der Waals surface area contributed by atoms with E-state index in [4.69, 9.17) is 9.26 Å². The maximum absolute atomic E-state index is 12.3. The molecule has 114 valence electrons. The maximum atomic E-state index is 12.3. The largest absolute Gasteiger partial charge is 0.470 e. The second-order valence-corrected chi connectivity index (χ2v) is 6.48. The first-order chi connectivity index (χ1) is 10.7. The Morgan fingerprint density at radius 3 is 2.95 bits per heavy atom. The van der Waals surface area contributed by atoms with Crippen molar-refractivity contribution in [3.8, 4) is 5.88 Å². The van der Waals surface area contributed by atoms with Crippen molar-refractivity contribution in [3.63, 3.8) is 0 Å². The summed E-state index contributed by atoms with van der Waals surface area (Å²) < 4.78 is 11.8. The number of aromatic nitrogens is 2. The van der Waals surface area contributed by atoms with Gasteiger partial charge in [-0.1, -0.05) is 5.16 Å². The lowest BCUT2D eigenvalue weighted by Crippen LogP contribution is -2.56. The number of ether oxygens (including phenoxy) is 1. The zero-order valence-corrected chi connectivity index (χ0v) is 13.3. The Morgan fingerprint density at radius 1 is 1.41 bits per heavy atom. The zero-order valence-electron chi connectivity index (χ0n) is 11.7. The summed E-state index contributed by atoms with van der Waals surface area (Å²) in [7, 11) is 0. The number of halogens is 1. The molecule has 0 bridgehead atoms. The fraction of sp³-hybridized carbons (Fsp3) is 0.400. The van der Waals surface area contributed by atoms with Gasteiger partial charge in [0.15, 0.2) is 5.69 Å². The molecule has 6 nitrogen and oxygen atoms in total. The third-order valence-electron chi connectivity index (χ3n) is 3.87. The average molecular weight is 364 g/mol. The van der Waals surface area contributed by atoms with Crippen molar-refractivity contribution in [2.75, 3.05) is 13.1 Å². The second kappa shape index (κ2) is 5.39. The lowest BCUT2D eigenvalue weighted by Gasteiger charge is -2.38. The minimum atomic E-state index is -0.101. The van der Waals surface area contributed by atoms with Crippen molar-refractivity contribution < 1.29 is 14.1 Å². The predicted molar refractivity (Wildman–Crippen MR) is 80.7 cm³/mol. The summed E-state index contributed by atoms with van der Waals surface area (Å²) in [6.45, 7) is 1.07. The molecular weight excluding hydrogens is 350 g/mol. The van der Waals surface area contributed by atoms with Crippen LogP contribution in [0, 0.1) is 0 Å². The number of rotatable bonds is 4. The van der Waals surface area contributed by atoms with Crippen LogP contribution >= 0.6 is 15.9 Å². The van der Waals surface area contributed by atoms with Crippen molar-refractivity contribution in [1.29, 1.82) is 0 Å². The summed E-state index contributed by atoms with van der Waals surface area (Å²) in [6.07, 6.45) is 3.89. The van der Waals surface area contributed by atoms with Gasteiger partial charge in [-0.25, -0.2) is 4.98 Å². The highest BCUT2D eigenvalue weighted by atomic mass is 79.9. The topological polar surface area (TPSA) is 68.5 Å². The van der Waals surface area contributed by atoms with E-state index in [0.717, 1.165) is 23.1 Å². The van der Waals surface area contributed by atoms with Crippen LogP contribution in [0.5, 0.6) is 5.88 Å². The van der Waals surface area contributed by atoms with Crippen molar-refractivity contribution in [3.05, 3.63) is 40.3 Å². The molecule has 0 aromatic carbocycles. The minimum Gasteiger partial charge on any atom is -0.470 e. The van der Waals surface area contributed by atoms with Crippen LogP contribution in [0.4, 0.5) is 0 Å². The molecule has 0 N–H and O–H groups in total. The van der Waals surface area contributed by atoms with Crippen LogP contribution in [0.2, 0.25) is 0 Å². The van der Waals surface area contributed by atoms with Gasteiger partial charge in [0.05, 0.1) is 17.6 Å². The first kappa shape index (κ1) is 13.8. The summed E-state index contributed by atoms with van der Waals surface area (Å²) >= 11 is 3.39. The number of hydrogen-bond acceptors (Lipinski definition) is 5. The van der Waals surface area contributed by atoms with Gasteiger partial charge in [0.2, 0.25) is 5.88 Å². The fourth-order valence-electron chi connectivity index (χ4n) is 2.41. The van der Waals surface area contributed by atoms with Crippen LogP contribution in [-0.2, 0) is 0 Å². The van der Waals surface area contributed by atoms with Crippen molar-refractivity contribution in [2.24, 2.45) is 0 Å². The van der Waals surface area contributed by atoms with Crippen molar-refractivity contribution >= 4 is 21.8 Å². The number of pyridine rings is 1. The Hall–Kier alpha value is -1.89. The first-order valence-electron chi connectivity index (χ1n) is 7.24. The van der Waals surface area contributed by atoms with E-state index in [1.165, 1.54) is 0 Å². The van der Waals surface area contributed by atoms with Crippen LogP contribution in [0.3, 0.4) is 0 Å². The molecule has 2 fully saturated rings. The van der Waals surface area contributed by atoms with E-state index in [1.807, 2.05) is 12.1 Å². The highest BCUT2D eigenvalue weighted by molar-refractivity contribution is 9.10. The van der Waals surface area contributed by atoms with Gasteiger partial charge in [-0.15, -0.1) is 0 Å². The first-order valence-corrected chi connectivity index (χ1v) is 8.03. The van der Waals surface area contributed by atoms with Gasteiger partial charge in [-0.2, -0.15) is 0 Å². The molecule has 3 heterocycles. The zero-order chi connectivity index (χ0) is 15.1. The molecule has 0 radical (unpaired) electrons. The second-order valence-electron chi connectivity index (χ2n) is 5.63. The molecule has 1 aliphatic heterocycles. The van der Waals surface area contributed by atoms with Crippen LogP contribution in [0.25, 0.3) is 0 Å². The SMILES string of the molecule is O=C(c1cc(C2CC2)on1)N1CC(Oc2ncccc2Br)C1. The Balaban J connectivity index is 1.34. The molecule has 4 rings (SSSR count). The molecule has 0 unspecified atom stereocenters. The maximum Gasteiger partial charge on any atom is 0.276 e. The Bertz CT molecular complexity index is 708. The highest BCUT2D eigenvalue weighted by Crippen LogP contribution is 2.40. The van der Waals surface area contributed by atoms with Gasteiger partial charge < -0.3 is 14.2 Å². The van der Waals surface area contributed by atoms with Crippen molar-refractivity contribution in [1.82, 2.24) is 15.0 Å². The van der Waals surface area contributed by atoms with Gasteiger partial charge in [0.25, 0.3) is 5.91 Å². The van der Waals surface area contributed by atoms with Gasteiger partial charge in [-0.05, 0) is 40.9 Å². The Morgan fingerprint density at radius 2 is 2.23 bits per heavy atom. The summed E-state index contributed by atoms with van der Waals surface area (Å²) in [5, 5.41) is 3.88. The summed E-state index contributed by atoms with van der Waals surface area (Å²) in [5.74, 6) is 1.74. The summed E-state index contributed by atoms with van der Waals surface area (Å²) in [5.41, 5.74) is 0.388. The third-order valence-corrected chi connectivity index (χ3v) is 4.47. The number of carbonyl (C=O) groups excluding carboxylic acids is 1. The molecule has 2 aliphatic rings. The molecule has 7 heteroatoms. The number of nitrogens with zero attached hydrogens (tertiary/aromatic N) is 3. The van der Waals surface area contributed by atoms with E-state index in [2.05, 4.69) is 26.1 Å². The van der Waals surface area contributed by atoms with Crippen LogP contribution < -0.4 is 4.74 Å². The molecule has 1 saturated carbocycles. The molecule has 1 aliphatic carbocycles. The Kier molecular flexibility index (Phi) is 3.37. The normalized spacial score (nSPS) is 18.1. The average Bonchev–Trinajstić information content (AvgIpc) is 3.21.